The van der Waals surface area contributed by atoms with Gasteiger partial charge in [0.25, 0.3) is 0 Å². The van der Waals surface area contributed by atoms with Crippen LogP contribution in [-0.4, -0.2) is 76.6 Å². The van der Waals surface area contributed by atoms with Crippen molar-refractivity contribution in [2.75, 3.05) is 37.7 Å². The van der Waals surface area contributed by atoms with Crippen LogP contribution < -0.4 is 15.0 Å². The maximum Gasteiger partial charge on any atom is 0.408 e. The van der Waals surface area contributed by atoms with Crippen molar-refractivity contribution in [3.05, 3.63) is 22.2 Å². The number of hydrogen-bond acceptors (Lipinski definition) is 7. The molecule has 2 aromatic rings. The molecule has 0 aliphatic carbocycles. The summed E-state index contributed by atoms with van der Waals surface area (Å²) >= 11 is 2.98. The molecule has 214 valence electrons. The van der Waals surface area contributed by atoms with Gasteiger partial charge in [-0.2, -0.15) is 9.97 Å². The molecule has 1 aromatic carbocycles. The highest BCUT2D eigenvalue weighted by atomic mass is 79.9. The smallest absolute Gasteiger partial charge is 0.408 e. The SMILES string of the molecule is CC(C)(C)OC(=O)N[C@]1(C)CCCN(c2nc(OC[C@@]34CCCN3C[C@H](F)C4)nc3c(F)c(Br)c(F)cc23)C1. The maximum absolute atomic E-state index is 15.3. The minimum atomic E-state index is -0.915. The van der Waals surface area contributed by atoms with Gasteiger partial charge in [0.1, 0.15) is 35.5 Å². The fourth-order valence-corrected chi connectivity index (χ4v) is 6.46. The highest BCUT2D eigenvalue weighted by Gasteiger charge is 2.49. The Morgan fingerprint density at radius 3 is 2.72 bits per heavy atom. The first-order valence-electron chi connectivity index (χ1n) is 13.4. The summed E-state index contributed by atoms with van der Waals surface area (Å²) < 4.78 is 55.4. The van der Waals surface area contributed by atoms with Crippen molar-refractivity contribution in [1.82, 2.24) is 20.2 Å². The highest BCUT2D eigenvalue weighted by Crippen LogP contribution is 2.41. The molecule has 3 aliphatic heterocycles. The fraction of sp³-hybridized carbons (Fsp3) is 0.667. The summed E-state index contributed by atoms with van der Waals surface area (Å²) in [6.07, 6.45) is 2.07. The van der Waals surface area contributed by atoms with Crippen LogP contribution in [0.15, 0.2) is 10.5 Å². The Morgan fingerprint density at radius 1 is 1.23 bits per heavy atom. The van der Waals surface area contributed by atoms with Crippen molar-refractivity contribution in [3.8, 4) is 6.01 Å². The predicted octanol–water partition coefficient (Wildman–Crippen LogP) is 5.51. The molecule has 1 aromatic heterocycles. The number of rotatable bonds is 5. The van der Waals surface area contributed by atoms with Crippen molar-refractivity contribution in [2.45, 2.75) is 82.6 Å². The van der Waals surface area contributed by atoms with E-state index in [1.165, 1.54) is 6.07 Å². The van der Waals surface area contributed by atoms with Crippen molar-refractivity contribution >= 4 is 38.7 Å². The summed E-state index contributed by atoms with van der Waals surface area (Å²) in [5.74, 6) is -1.31. The van der Waals surface area contributed by atoms with Gasteiger partial charge in [-0.3, -0.25) is 4.90 Å². The Balaban J connectivity index is 1.46. The number of amides is 1. The summed E-state index contributed by atoms with van der Waals surface area (Å²) in [7, 11) is 0. The van der Waals surface area contributed by atoms with E-state index < -0.39 is 40.6 Å². The predicted molar refractivity (Wildman–Crippen MR) is 145 cm³/mol. The van der Waals surface area contributed by atoms with Gasteiger partial charge in [0.05, 0.1) is 15.6 Å². The maximum atomic E-state index is 15.3. The molecular formula is C27H35BrF3N5O3. The Bertz CT molecular complexity index is 1280. The normalized spacial score (nSPS) is 27.6. The fourth-order valence-electron chi connectivity index (χ4n) is 6.16. The molecule has 3 fully saturated rings. The molecule has 12 heteroatoms. The average Bonchev–Trinajstić information content (AvgIpc) is 3.35. The van der Waals surface area contributed by atoms with Crippen molar-refractivity contribution in [1.29, 1.82) is 0 Å². The number of ether oxygens (including phenoxy) is 2. The molecule has 0 radical (unpaired) electrons. The minimum absolute atomic E-state index is 0.0502. The van der Waals surface area contributed by atoms with Crippen LogP contribution >= 0.6 is 15.9 Å². The number of alkyl halides is 1. The third-order valence-electron chi connectivity index (χ3n) is 7.82. The van der Waals surface area contributed by atoms with Gasteiger partial charge in [0.15, 0.2) is 5.82 Å². The molecule has 1 amide bonds. The molecule has 8 nitrogen and oxygen atoms in total. The molecule has 0 saturated carbocycles. The molecular weight excluding hydrogens is 579 g/mol. The number of carbonyl (C=O) groups excluding carboxylic acids is 1. The van der Waals surface area contributed by atoms with Crippen LogP contribution in [0, 0.1) is 11.6 Å². The second-order valence-corrected chi connectivity index (χ2v) is 13.1. The number of halogens is 4. The van der Waals surface area contributed by atoms with Crippen LogP contribution in [0.1, 0.15) is 59.8 Å². The third kappa shape index (κ3) is 5.77. The van der Waals surface area contributed by atoms with Gasteiger partial charge < -0.3 is 19.7 Å². The van der Waals surface area contributed by atoms with E-state index in [4.69, 9.17) is 9.47 Å². The quantitative estimate of drug-likeness (QED) is 0.445. The van der Waals surface area contributed by atoms with Crippen molar-refractivity contribution < 1.29 is 27.4 Å². The van der Waals surface area contributed by atoms with E-state index in [-0.39, 0.29) is 28.0 Å². The molecule has 39 heavy (non-hydrogen) atoms. The van der Waals surface area contributed by atoms with Gasteiger partial charge in [0.2, 0.25) is 0 Å². The number of fused-ring (bicyclic) bond motifs is 2. The number of carbonyl (C=O) groups is 1. The Morgan fingerprint density at radius 2 is 1.97 bits per heavy atom. The number of hydrogen-bond donors (Lipinski definition) is 1. The summed E-state index contributed by atoms with van der Waals surface area (Å²) in [4.78, 5) is 25.5. The lowest BCUT2D eigenvalue weighted by molar-refractivity contribution is 0.0454. The van der Waals surface area contributed by atoms with Gasteiger partial charge in [-0.05, 0) is 81.9 Å². The van der Waals surface area contributed by atoms with E-state index in [0.29, 0.717) is 44.7 Å². The zero-order valence-corrected chi connectivity index (χ0v) is 24.3. The molecule has 4 heterocycles. The number of benzene rings is 1. The summed E-state index contributed by atoms with van der Waals surface area (Å²) in [5, 5.41) is 3.16. The highest BCUT2D eigenvalue weighted by molar-refractivity contribution is 9.10. The standard InChI is InChI=1S/C27H35BrF3N5O3/c1-25(2,3)39-24(37)34-26(4)7-5-9-35(14-26)22-17-11-18(30)19(28)20(31)21(17)32-23(33-22)38-15-27-8-6-10-36(27)13-16(29)12-27/h11,16H,5-10,12-15H2,1-4H3,(H,34,37)/t16-,26-,27+/m1/s1. The van der Waals surface area contributed by atoms with Gasteiger partial charge in [0, 0.05) is 31.4 Å². The average molecular weight is 615 g/mol. The first-order valence-corrected chi connectivity index (χ1v) is 14.2. The molecule has 5 rings (SSSR count). The topological polar surface area (TPSA) is 79.8 Å². The lowest BCUT2D eigenvalue weighted by Crippen LogP contribution is -2.57. The lowest BCUT2D eigenvalue weighted by atomic mass is 9.91. The van der Waals surface area contributed by atoms with Crippen LogP contribution in [0.5, 0.6) is 6.01 Å². The molecule has 1 N–H and O–H groups in total. The van der Waals surface area contributed by atoms with E-state index in [1.54, 1.807) is 20.8 Å². The van der Waals surface area contributed by atoms with Crippen LogP contribution in [0.3, 0.4) is 0 Å². The first kappa shape index (κ1) is 28.2. The molecule has 0 unspecified atom stereocenters. The number of anilines is 1. The molecule has 3 saturated heterocycles. The zero-order valence-electron chi connectivity index (χ0n) is 22.8. The van der Waals surface area contributed by atoms with Crippen LogP contribution in [0.4, 0.5) is 23.8 Å². The second kappa shape index (κ2) is 10.2. The summed E-state index contributed by atoms with van der Waals surface area (Å²) in [6.45, 7) is 9.54. The Hall–Kier alpha value is -2.34. The first-order chi connectivity index (χ1) is 18.3. The zero-order chi connectivity index (χ0) is 28.2. The van der Waals surface area contributed by atoms with Gasteiger partial charge in [-0.1, -0.05) is 0 Å². The molecule has 0 spiro atoms. The third-order valence-corrected chi connectivity index (χ3v) is 8.54. The van der Waals surface area contributed by atoms with Crippen LogP contribution in [0.2, 0.25) is 0 Å². The van der Waals surface area contributed by atoms with E-state index in [0.717, 1.165) is 19.4 Å². The number of nitrogens with zero attached hydrogens (tertiary/aromatic N) is 4. The lowest BCUT2D eigenvalue weighted by Gasteiger charge is -2.42. The number of aromatic nitrogens is 2. The van der Waals surface area contributed by atoms with Crippen molar-refractivity contribution in [3.63, 3.8) is 0 Å². The van der Waals surface area contributed by atoms with Gasteiger partial charge in [-0.15, -0.1) is 0 Å². The molecule has 3 aliphatic rings. The van der Waals surface area contributed by atoms with Gasteiger partial charge in [-0.25, -0.2) is 18.0 Å². The Labute approximate surface area is 234 Å². The van der Waals surface area contributed by atoms with E-state index in [2.05, 4.69) is 36.1 Å². The molecule has 3 atom stereocenters. The number of alkyl carbamates (subject to hydrolysis) is 1. The molecule has 0 bridgehead atoms. The largest absolute Gasteiger partial charge is 0.461 e. The van der Waals surface area contributed by atoms with Crippen molar-refractivity contribution in [2.24, 2.45) is 0 Å². The van der Waals surface area contributed by atoms with Crippen LogP contribution in [0.25, 0.3) is 10.9 Å². The number of nitrogens with one attached hydrogen (secondary N) is 1. The summed E-state index contributed by atoms with van der Waals surface area (Å²) in [5.41, 5.74) is -1.83. The monoisotopic (exact) mass is 613 g/mol. The van der Waals surface area contributed by atoms with Crippen LogP contribution in [-0.2, 0) is 4.74 Å². The second-order valence-electron chi connectivity index (χ2n) is 12.3. The summed E-state index contributed by atoms with van der Waals surface area (Å²) in [6, 6.07) is 1.16. The number of piperidine rings is 1. The van der Waals surface area contributed by atoms with E-state index in [9.17, 15) is 13.6 Å². The minimum Gasteiger partial charge on any atom is -0.461 e. The van der Waals surface area contributed by atoms with E-state index in [1.807, 2.05) is 11.8 Å². The van der Waals surface area contributed by atoms with Gasteiger partial charge >= 0.3 is 12.1 Å². The van der Waals surface area contributed by atoms with E-state index >= 15 is 4.39 Å². The Kier molecular flexibility index (Phi) is 7.41.